The molecule has 0 saturated heterocycles. The van der Waals surface area contributed by atoms with Gasteiger partial charge < -0.3 is 9.74 Å². The number of benzene rings is 1. The predicted molar refractivity (Wildman–Crippen MR) is 89.3 cm³/mol. The maximum absolute atomic E-state index is 6.44. The summed E-state index contributed by atoms with van der Waals surface area (Å²) in [6, 6.07) is 6.71. The van der Waals surface area contributed by atoms with Gasteiger partial charge in [0, 0.05) is 6.54 Å². The van der Waals surface area contributed by atoms with Crippen LogP contribution in [0.5, 0.6) is 5.75 Å². The van der Waals surface area contributed by atoms with Crippen molar-refractivity contribution >= 4 is 8.32 Å². The smallest absolute Gasteiger partial charge is 0.250 e. The fourth-order valence-corrected chi connectivity index (χ4v) is 3.44. The molecule has 1 aliphatic heterocycles. The van der Waals surface area contributed by atoms with Gasteiger partial charge in [0.05, 0.1) is 0 Å². The molecule has 0 radical (unpaired) electrons. The molecule has 1 N–H and O–H groups in total. The molecule has 2 rings (SSSR count). The second kappa shape index (κ2) is 5.53. The third kappa shape index (κ3) is 3.26. The number of hydrogen-bond donors (Lipinski definition) is 1. The van der Waals surface area contributed by atoms with Crippen molar-refractivity contribution in [1.29, 1.82) is 0 Å². The van der Waals surface area contributed by atoms with Crippen LogP contribution in [0.3, 0.4) is 0 Å². The van der Waals surface area contributed by atoms with Gasteiger partial charge in [0.1, 0.15) is 5.75 Å². The van der Waals surface area contributed by atoms with E-state index in [2.05, 4.69) is 64.3 Å². The van der Waals surface area contributed by atoms with Crippen LogP contribution in [0.1, 0.15) is 44.7 Å². The van der Waals surface area contributed by atoms with Crippen LogP contribution in [-0.4, -0.2) is 21.4 Å². The van der Waals surface area contributed by atoms with E-state index in [9.17, 15) is 0 Å². The average Bonchev–Trinajstić information content (AvgIpc) is 2.50. The number of nitrogens with one attached hydrogen (secondary N) is 1. The Bertz CT molecular complexity index is 476. The van der Waals surface area contributed by atoms with Crippen LogP contribution in [0.4, 0.5) is 0 Å². The molecule has 0 amide bonds. The fourth-order valence-electron chi connectivity index (χ4n) is 2.42. The van der Waals surface area contributed by atoms with Crippen molar-refractivity contribution < 1.29 is 4.43 Å². The highest BCUT2D eigenvalue weighted by atomic mass is 28.4. The zero-order valence-electron chi connectivity index (χ0n) is 13.8. The van der Waals surface area contributed by atoms with Crippen LogP contribution in [0.25, 0.3) is 0 Å². The van der Waals surface area contributed by atoms with Gasteiger partial charge in [-0.15, -0.1) is 0 Å². The number of fused-ring (bicyclic) bond motifs is 1. The second-order valence-electron chi connectivity index (χ2n) is 7.58. The van der Waals surface area contributed by atoms with Gasteiger partial charge in [0.25, 0.3) is 0 Å². The van der Waals surface area contributed by atoms with E-state index in [1.54, 1.807) is 0 Å². The van der Waals surface area contributed by atoms with Crippen LogP contribution < -0.4 is 9.74 Å². The Labute approximate surface area is 125 Å². The van der Waals surface area contributed by atoms with Crippen molar-refractivity contribution in [3.63, 3.8) is 0 Å². The van der Waals surface area contributed by atoms with Crippen molar-refractivity contribution in [3.8, 4) is 5.75 Å². The minimum atomic E-state index is -1.74. The lowest BCUT2D eigenvalue weighted by molar-refractivity contribution is 0.491. The van der Waals surface area contributed by atoms with Crippen LogP contribution in [0, 0.1) is 0 Å². The van der Waals surface area contributed by atoms with Crippen molar-refractivity contribution in [2.45, 2.75) is 58.2 Å². The van der Waals surface area contributed by atoms with E-state index in [1.165, 1.54) is 11.1 Å². The molecule has 0 bridgehead atoms. The van der Waals surface area contributed by atoms with E-state index in [4.69, 9.17) is 4.43 Å². The Hall–Kier alpha value is -0.803. The minimum Gasteiger partial charge on any atom is -0.543 e. The topological polar surface area (TPSA) is 21.3 Å². The zero-order chi connectivity index (χ0) is 15.0. The average molecular weight is 292 g/mol. The summed E-state index contributed by atoms with van der Waals surface area (Å²) in [5.74, 6) is 1.62. The molecule has 112 valence electrons. The highest BCUT2D eigenvalue weighted by molar-refractivity contribution is 6.74. The fraction of sp³-hybridized carbons (Fsp3) is 0.647. The molecule has 0 saturated carbocycles. The molecule has 20 heavy (non-hydrogen) atoms. The monoisotopic (exact) mass is 291 g/mol. The Kier molecular flexibility index (Phi) is 4.31. The number of hydrogen-bond acceptors (Lipinski definition) is 2. The van der Waals surface area contributed by atoms with Gasteiger partial charge in [-0.1, -0.05) is 33.8 Å². The maximum Gasteiger partial charge on any atom is 0.250 e. The molecule has 0 aromatic heterocycles. The lowest BCUT2D eigenvalue weighted by Gasteiger charge is -2.36. The van der Waals surface area contributed by atoms with Gasteiger partial charge in [-0.3, -0.25) is 0 Å². The molecule has 0 fully saturated rings. The first-order chi connectivity index (χ1) is 9.21. The van der Waals surface area contributed by atoms with Crippen molar-refractivity contribution in [2.24, 2.45) is 0 Å². The third-order valence-corrected chi connectivity index (χ3v) is 9.21. The van der Waals surface area contributed by atoms with E-state index in [-0.39, 0.29) is 5.04 Å². The summed E-state index contributed by atoms with van der Waals surface area (Å²) in [4.78, 5) is 0. The van der Waals surface area contributed by atoms with Gasteiger partial charge in [-0.2, -0.15) is 0 Å². The Morgan fingerprint density at radius 3 is 2.60 bits per heavy atom. The first-order valence-electron chi connectivity index (χ1n) is 7.73. The van der Waals surface area contributed by atoms with Crippen molar-refractivity contribution in [3.05, 3.63) is 29.3 Å². The Balaban J connectivity index is 2.27. The largest absolute Gasteiger partial charge is 0.543 e. The Morgan fingerprint density at radius 2 is 1.95 bits per heavy atom. The molecule has 2 nitrogen and oxygen atoms in total. The molecular formula is C17H29NOSi. The summed E-state index contributed by atoms with van der Waals surface area (Å²) in [6.07, 6.45) is 1.13. The van der Waals surface area contributed by atoms with E-state index >= 15 is 0 Å². The van der Waals surface area contributed by atoms with Crippen molar-refractivity contribution in [1.82, 2.24) is 5.32 Å². The Morgan fingerprint density at radius 1 is 1.25 bits per heavy atom. The van der Waals surface area contributed by atoms with Gasteiger partial charge >= 0.3 is 0 Å². The molecule has 0 spiro atoms. The summed E-state index contributed by atoms with van der Waals surface area (Å²) in [5, 5.41) is 3.75. The molecule has 1 aromatic rings. The minimum absolute atomic E-state index is 0.243. The molecule has 1 heterocycles. The SMILES string of the molecule is CC1CNCCc2ccc(O[Si](C)(C)C(C)(C)C)cc21. The summed E-state index contributed by atoms with van der Waals surface area (Å²) in [6.45, 7) is 15.9. The van der Waals surface area contributed by atoms with Gasteiger partial charge in [0.2, 0.25) is 8.32 Å². The summed E-state index contributed by atoms with van der Waals surface area (Å²) in [5.41, 5.74) is 2.94. The van der Waals surface area contributed by atoms with Gasteiger partial charge in [-0.05, 0) is 60.3 Å². The van der Waals surface area contributed by atoms with E-state index < -0.39 is 8.32 Å². The second-order valence-corrected chi connectivity index (χ2v) is 12.3. The summed E-state index contributed by atoms with van der Waals surface area (Å²) >= 11 is 0. The van der Waals surface area contributed by atoms with E-state index in [0.717, 1.165) is 25.3 Å². The molecule has 1 aromatic carbocycles. The van der Waals surface area contributed by atoms with Gasteiger partial charge in [0.15, 0.2) is 0 Å². The van der Waals surface area contributed by atoms with E-state index in [0.29, 0.717) is 5.92 Å². The predicted octanol–water partition coefficient (Wildman–Crippen LogP) is 4.32. The molecule has 1 unspecified atom stereocenters. The van der Waals surface area contributed by atoms with Crippen LogP contribution in [0.15, 0.2) is 18.2 Å². The lowest BCUT2D eigenvalue weighted by atomic mass is 9.95. The van der Waals surface area contributed by atoms with Crippen LogP contribution >= 0.6 is 0 Å². The first-order valence-corrected chi connectivity index (χ1v) is 10.6. The highest BCUT2D eigenvalue weighted by Crippen LogP contribution is 2.38. The van der Waals surface area contributed by atoms with Crippen LogP contribution in [0.2, 0.25) is 18.1 Å². The van der Waals surface area contributed by atoms with Crippen molar-refractivity contribution in [2.75, 3.05) is 13.1 Å². The standard InChI is InChI=1S/C17H29NOSi/c1-13-12-18-10-9-14-7-8-15(11-16(13)14)19-20(5,6)17(2,3)4/h7-8,11,13,18H,9-10,12H2,1-6H3. The zero-order valence-corrected chi connectivity index (χ0v) is 14.8. The molecule has 1 atom stereocenters. The molecular weight excluding hydrogens is 262 g/mol. The molecule has 1 aliphatic rings. The van der Waals surface area contributed by atoms with E-state index in [1.807, 2.05) is 0 Å². The van der Waals surface area contributed by atoms with Gasteiger partial charge in [-0.25, -0.2) is 0 Å². The first kappa shape index (κ1) is 15.6. The third-order valence-electron chi connectivity index (χ3n) is 4.85. The normalized spacial score (nSPS) is 20.2. The highest BCUT2D eigenvalue weighted by Gasteiger charge is 2.39. The quantitative estimate of drug-likeness (QED) is 0.819. The maximum atomic E-state index is 6.44. The molecule has 0 aliphatic carbocycles. The number of rotatable bonds is 2. The summed E-state index contributed by atoms with van der Waals surface area (Å²) < 4.78 is 6.44. The lowest BCUT2D eigenvalue weighted by Crippen LogP contribution is -2.43. The molecule has 3 heteroatoms. The van der Waals surface area contributed by atoms with Crippen LogP contribution in [-0.2, 0) is 6.42 Å². The summed E-state index contributed by atoms with van der Waals surface area (Å²) in [7, 11) is -1.74.